The maximum absolute atomic E-state index is 14.2. The minimum Gasteiger partial charge on any atom is -0.299 e. The Hall–Kier alpha value is -0.990. The highest BCUT2D eigenvalue weighted by atomic mass is 19.1. The van der Waals surface area contributed by atoms with Gasteiger partial charge in [-0.15, -0.1) is 0 Å². The molecule has 3 heteroatoms. The first-order valence-corrected chi connectivity index (χ1v) is 8.84. The first-order valence-electron chi connectivity index (χ1n) is 8.84. The Bertz CT molecular complexity index is 566. The Balaban J connectivity index is 1.73. The van der Waals surface area contributed by atoms with Crippen LogP contribution in [0.3, 0.4) is 0 Å². The molecule has 0 amide bonds. The fraction of sp³-hybridized carbons (Fsp3) is 0.789. The molecule has 2 unspecified atom stereocenters. The molecule has 3 saturated carbocycles. The van der Waals surface area contributed by atoms with E-state index >= 15 is 0 Å². The number of Topliss-reactive ketones (excluding diaryl/α,β-unsaturated/α-hetero) is 1. The molecule has 120 valence electrons. The molecular weight excluding hydrogens is 279 g/mol. The molecule has 0 N–H and O–H groups in total. The van der Waals surface area contributed by atoms with Gasteiger partial charge in [0.2, 0.25) is 0 Å². The van der Waals surface area contributed by atoms with Crippen LogP contribution in [-0.4, -0.2) is 18.2 Å². The molecule has 3 fully saturated rings. The van der Waals surface area contributed by atoms with Gasteiger partial charge in [-0.1, -0.05) is 12.5 Å². The van der Waals surface area contributed by atoms with Crippen LogP contribution in [0.2, 0.25) is 0 Å². The Morgan fingerprint density at radius 3 is 2.68 bits per heavy atom. The minimum absolute atomic E-state index is 0.148. The van der Waals surface area contributed by atoms with Crippen LogP contribution in [0.15, 0.2) is 11.6 Å². The van der Waals surface area contributed by atoms with Crippen LogP contribution in [0.4, 0.5) is 4.39 Å². The molecule has 4 aliphatic rings. The van der Waals surface area contributed by atoms with Crippen molar-refractivity contribution in [1.82, 2.24) is 0 Å². The summed E-state index contributed by atoms with van der Waals surface area (Å²) in [6.07, 6.45) is 8.43. The second kappa shape index (κ2) is 4.75. The van der Waals surface area contributed by atoms with Gasteiger partial charge in [-0.3, -0.25) is 14.0 Å². The smallest absolute Gasteiger partial charge is 0.155 e. The van der Waals surface area contributed by atoms with Crippen molar-refractivity contribution in [2.75, 3.05) is 6.67 Å². The number of ketones is 2. The molecule has 0 aromatic carbocycles. The SMILES string of the molecule is C[C@]12CCC3[C@@H](CCC4=CC(=O)CC[C@@]43CF)C1CCC2=O. The summed E-state index contributed by atoms with van der Waals surface area (Å²) in [7, 11) is 0. The van der Waals surface area contributed by atoms with Gasteiger partial charge < -0.3 is 0 Å². The van der Waals surface area contributed by atoms with E-state index < -0.39 is 0 Å². The molecule has 4 rings (SSSR count). The normalized spacial score (nSPS) is 47.5. The van der Waals surface area contributed by atoms with Gasteiger partial charge in [0, 0.05) is 23.7 Å². The van der Waals surface area contributed by atoms with Gasteiger partial charge in [-0.25, -0.2) is 0 Å². The molecule has 0 spiro atoms. The van der Waals surface area contributed by atoms with Crippen LogP contribution in [0, 0.1) is 28.6 Å². The highest BCUT2D eigenvalue weighted by Crippen LogP contribution is 2.64. The predicted molar refractivity (Wildman–Crippen MR) is 82.0 cm³/mol. The summed E-state index contributed by atoms with van der Waals surface area (Å²) in [5, 5.41) is 0. The monoisotopic (exact) mass is 304 g/mol. The zero-order chi connectivity index (χ0) is 15.5. The van der Waals surface area contributed by atoms with Gasteiger partial charge >= 0.3 is 0 Å². The van der Waals surface area contributed by atoms with Crippen molar-refractivity contribution in [3.05, 3.63) is 11.6 Å². The maximum Gasteiger partial charge on any atom is 0.155 e. The van der Waals surface area contributed by atoms with E-state index in [0.29, 0.717) is 42.8 Å². The fourth-order valence-electron chi connectivity index (χ4n) is 6.38. The number of alkyl halides is 1. The molecular formula is C19H25FO2. The van der Waals surface area contributed by atoms with Gasteiger partial charge in [-0.2, -0.15) is 0 Å². The van der Waals surface area contributed by atoms with Gasteiger partial charge in [0.1, 0.15) is 5.78 Å². The average molecular weight is 304 g/mol. The number of hydrogen-bond donors (Lipinski definition) is 0. The zero-order valence-corrected chi connectivity index (χ0v) is 13.4. The minimum atomic E-state index is -0.385. The van der Waals surface area contributed by atoms with Gasteiger partial charge in [0.15, 0.2) is 5.78 Å². The van der Waals surface area contributed by atoms with Crippen LogP contribution >= 0.6 is 0 Å². The van der Waals surface area contributed by atoms with Crippen molar-refractivity contribution >= 4 is 11.6 Å². The standard InChI is InChI=1S/C19H25FO2/c1-18-8-7-16-14(15(18)4-5-17(18)22)3-2-12-10-13(21)6-9-19(12,16)11-20/h10,14-16H,2-9,11H2,1H3/t14-,15?,16?,18-,19+/m0/s1. The Labute approximate surface area is 131 Å². The Kier molecular flexibility index (Phi) is 3.15. The fourth-order valence-corrected chi connectivity index (χ4v) is 6.38. The summed E-state index contributed by atoms with van der Waals surface area (Å²) in [5.74, 6) is 1.88. The van der Waals surface area contributed by atoms with E-state index in [-0.39, 0.29) is 23.3 Å². The van der Waals surface area contributed by atoms with Crippen molar-refractivity contribution in [2.45, 2.75) is 58.3 Å². The largest absolute Gasteiger partial charge is 0.299 e. The number of halogens is 1. The van der Waals surface area contributed by atoms with E-state index in [9.17, 15) is 14.0 Å². The zero-order valence-electron chi connectivity index (χ0n) is 13.4. The average Bonchev–Trinajstić information content (AvgIpc) is 2.82. The summed E-state index contributed by atoms with van der Waals surface area (Å²) >= 11 is 0. The van der Waals surface area contributed by atoms with E-state index in [1.807, 2.05) is 0 Å². The quantitative estimate of drug-likeness (QED) is 0.733. The number of carbonyl (C=O) groups excluding carboxylic acids is 2. The van der Waals surface area contributed by atoms with E-state index in [1.165, 1.54) is 0 Å². The molecule has 0 saturated heterocycles. The van der Waals surface area contributed by atoms with Crippen molar-refractivity contribution < 1.29 is 14.0 Å². The first kappa shape index (κ1) is 14.6. The van der Waals surface area contributed by atoms with Crippen LogP contribution in [0.25, 0.3) is 0 Å². The topological polar surface area (TPSA) is 34.1 Å². The molecule has 0 radical (unpaired) electrons. The van der Waals surface area contributed by atoms with Gasteiger partial charge in [0.25, 0.3) is 0 Å². The number of allylic oxidation sites excluding steroid dienone is 1. The maximum atomic E-state index is 14.2. The molecule has 4 aliphatic carbocycles. The third-order valence-electron chi connectivity index (χ3n) is 7.63. The number of carbonyl (C=O) groups is 2. The summed E-state index contributed by atoms with van der Waals surface area (Å²) in [5.41, 5.74) is 0.550. The lowest BCUT2D eigenvalue weighted by atomic mass is 9.47. The van der Waals surface area contributed by atoms with E-state index in [2.05, 4.69) is 6.92 Å². The molecule has 5 atom stereocenters. The summed E-state index contributed by atoms with van der Waals surface area (Å²) in [4.78, 5) is 24.1. The summed E-state index contributed by atoms with van der Waals surface area (Å²) in [6.45, 7) is 1.83. The van der Waals surface area contributed by atoms with E-state index in [4.69, 9.17) is 0 Å². The third kappa shape index (κ3) is 1.71. The molecule has 22 heavy (non-hydrogen) atoms. The van der Waals surface area contributed by atoms with E-state index in [0.717, 1.165) is 37.7 Å². The van der Waals surface area contributed by atoms with Crippen molar-refractivity contribution in [3.63, 3.8) is 0 Å². The number of rotatable bonds is 1. The second-order valence-corrected chi connectivity index (χ2v) is 8.26. The van der Waals surface area contributed by atoms with Crippen LogP contribution in [0.5, 0.6) is 0 Å². The van der Waals surface area contributed by atoms with Crippen molar-refractivity contribution in [3.8, 4) is 0 Å². The second-order valence-electron chi connectivity index (χ2n) is 8.26. The van der Waals surface area contributed by atoms with Gasteiger partial charge in [0.05, 0.1) is 6.67 Å². The Morgan fingerprint density at radius 1 is 1.09 bits per heavy atom. The number of hydrogen-bond acceptors (Lipinski definition) is 2. The highest BCUT2D eigenvalue weighted by molar-refractivity contribution is 5.91. The van der Waals surface area contributed by atoms with Crippen molar-refractivity contribution in [1.29, 1.82) is 0 Å². The van der Waals surface area contributed by atoms with E-state index in [1.54, 1.807) is 6.08 Å². The lowest BCUT2D eigenvalue weighted by Crippen LogP contribution is -2.52. The van der Waals surface area contributed by atoms with Crippen molar-refractivity contribution in [2.24, 2.45) is 28.6 Å². The molecule has 2 nitrogen and oxygen atoms in total. The van der Waals surface area contributed by atoms with Gasteiger partial charge in [-0.05, 0) is 62.4 Å². The Morgan fingerprint density at radius 2 is 1.91 bits per heavy atom. The van der Waals surface area contributed by atoms with Crippen LogP contribution < -0.4 is 0 Å². The number of fused-ring (bicyclic) bond motifs is 5. The molecule has 0 aliphatic heterocycles. The first-order chi connectivity index (χ1) is 10.5. The van der Waals surface area contributed by atoms with Crippen LogP contribution in [0.1, 0.15) is 58.3 Å². The lowest BCUT2D eigenvalue weighted by molar-refractivity contribution is -0.133. The molecule has 0 aromatic heterocycles. The molecule has 0 bridgehead atoms. The lowest BCUT2D eigenvalue weighted by Gasteiger charge is -2.57. The van der Waals surface area contributed by atoms with Crippen LogP contribution in [-0.2, 0) is 9.59 Å². The third-order valence-corrected chi connectivity index (χ3v) is 7.63. The predicted octanol–water partition coefficient (Wildman–Crippen LogP) is 4.04. The molecule has 0 aromatic rings. The molecule has 0 heterocycles. The summed E-state index contributed by atoms with van der Waals surface area (Å²) < 4.78 is 14.2. The highest BCUT2D eigenvalue weighted by Gasteiger charge is 2.60. The summed E-state index contributed by atoms with van der Waals surface area (Å²) in [6, 6.07) is 0.